The molecule has 3 nitrogen and oxygen atoms in total. The molecule has 0 aromatic carbocycles. The Morgan fingerprint density at radius 1 is 1.40 bits per heavy atom. The second-order valence-electron chi connectivity index (χ2n) is 4.19. The molecule has 0 saturated carbocycles. The van der Waals surface area contributed by atoms with Crippen LogP contribution in [0.3, 0.4) is 0 Å². The van der Waals surface area contributed by atoms with Crippen molar-refractivity contribution in [2.24, 2.45) is 5.92 Å². The summed E-state index contributed by atoms with van der Waals surface area (Å²) in [4.78, 5) is 10.6. The van der Waals surface area contributed by atoms with E-state index in [1.54, 1.807) is 6.92 Å². The Labute approximate surface area is 92.3 Å². The molecule has 0 saturated heterocycles. The summed E-state index contributed by atoms with van der Waals surface area (Å²) in [6, 6.07) is 0. The lowest BCUT2D eigenvalue weighted by molar-refractivity contribution is -0.118. The summed E-state index contributed by atoms with van der Waals surface area (Å²) in [5.74, 6) is 0.878. The fourth-order valence-electron chi connectivity index (χ4n) is 1.83. The third-order valence-electron chi connectivity index (χ3n) is 2.71. The molecular weight excluding hydrogens is 188 g/mol. The van der Waals surface area contributed by atoms with Gasteiger partial charge in [-0.1, -0.05) is 12.2 Å². The summed E-state index contributed by atoms with van der Waals surface area (Å²) in [6.45, 7) is 4.46. The van der Waals surface area contributed by atoms with Crippen molar-refractivity contribution in [3.8, 4) is 0 Å². The predicted octanol–water partition coefficient (Wildman–Crippen LogP) is 1.46. The van der Waals surface area contributed by atoms with Crippen molar-refractivity contribution >= 4 is 5.91 Å². The highest BCUT2D eigenvalue weighted by atomic mass is 16.1. The molecule has 0 aromatic rings. The Balaban J connectivity index is 1.88. The van der Waals surface area contributed by atoms with E-state index >= 15 is 0 Å². The van der Waals surface area contributed by atoms with Crippen LogP contribution in [-0.2, 0) is 4.79 Å². The highest BCUT2D eigenvalue weighted by Crippen LogP contribution is 2.16. The summed E-state index contributed by atoms with van der Waals surface area (Å²) in [6.07, 6.45) is 9.34. The predicted molar refractivity (Wildman–Crippen MR) is 62.7 cm³/mol. The molecule has 0 radical (unpaired) electrons. The molecular formula is C12H22N2O. The van der Waals surface area contributed by atoms with Crippen LogP contribution >= 0.6 is 0 Å². The van der Waals surface area contributed by atoms with Gasteiger partial charge in [0.25, 0.3) is 0 Å². The summed E-state index contributed by atoms with van der Waals surface area (Å²) in [5, 5.41) is 6.24. The number of hydrogen-bond donors (Lipinski definition) is 2. The molecule has 86 valence electrons. The van der Waals surface area contributed by atoms with Crippen molar-refractivity contribution in [2.75, 3.05) is 19.6 Å². The van der Waals surface area contributed by atoms with E-state index in [1.807, 2.05) is 0 Å². The number of carbonyl (C=O) groups is 1. The van der Waals surface area contributed by atoms with Crippen LogP contribution in [0.25, 0.3) is 0 Å². The molecule has 0 aliphatic heterocycles. The Morgan fingerprint density at radius 3 is 2.93 bits per heavy atom. The number of amides is 1. The van der Waals surface area contributed by atoms with Gasteiger partial charge in [-0.15, -0.1) is 0 Å². The molecule has 1 atom stereocenters. The van der Waals surface area contributed by atoms with Gasteiger partial charge in [-0.05, 0) is 44.7 Å². The maximum atomic E-state index is 10.6. The molecule has 0 bridgehead atoms. The first-order valence-electron chi connectivity index (χ1n) is 5.89. The van der Waals surface area contributed by atoms with E-state index in [-0.39, 0.29) is 5.91 Å². The largest absolute Gasteiger partial charge is 0.356 e. The molecule has 3 heteroatoms. The maximum Gasteiger partial charge on any atom is 0.216 e. The zero-order chi connectivity index (χ0) is 10.9. The Morgan fingerprint density at radius 2 is 2.27 bits per heavy atom. The number of hydrogen-bond acceptors (Lipinski definition) is 2. The van der Waals surface area contributed by atoms with Crippen molar-refractivity contribution in [1.82, 2.24) is 10.6 Å². The minimum Gasteiger partial charge on any atom is -0.356 e. The van der Waals surface area contributed by atoms with Crippen LogP contribution < -0.4 is 10.6 Å². The molecule has 0 fully saturated rings. The molecule has 1 aliphatic carbocycles. The van der Waals surface area contributed by atoms with Crippen LogP contribution in [-0.4, -0.2) is 25.5 Å². The lowest BCUT2D eigenvalue weighted by Gasteiger charge is -2.18. The highest BCUT2D eigenvalue weighted by Gasteiger charge is 2.08. The lowest BCUT2D eigenvalue weighted by atomic mass is 9.94. The third-order valence-corrected chi connectivity index (χ3v) is 2.71. The van der Waals surface area contributed by atoms with Crippen molar-refractivity contribution < 1.29 is 4.79 Å². The Bertz CT molecular complexity index is 214. The van der Waals surface area contributed by atoms with Gasteiger partial charge in [0.15, 0.2) is 0 Å². The van der Waals surface area contributed by atoms with Gasteiger partial charge in [-0.3, -0.25) is 4.79 Å². The van der Waals surface area contributed by atoms with Crippen LogP contribution in [0.1, 0.15) is 32.6 Å². The van der Waals surface area contributed by atoms with E-state index < -0.39 is 0 Å². The van der Waals surface area contributed by atoms with Gasteiger partial charge in [-0.25, -0.2) is 0 Å². The molecule has 0 aromatic heterocycles. The first-order chi connectivity index (χ1) is 7.29. The van der Waals surface area contributed by atoms with Crippen LogP contribution in [0.2, 0.25) is 0 Å². The summed E-state index contributed by atoms with van der Waals surface area (Å²) in [5.41, 5.74) is 0. The molecule has 1 unspecified atom stereocenters. The zero-order valence-electron chi connectivity index (χ0n) is 9.59. The number of rotatable bonds is 6. The normalized spacial score (nSPS) is 20.2. The first-order valence-corrected chi connectivity index (χ1v) is 5.89. The van der Waals surface area contributed by atoms with Crippen molar-refractivity contribution in [3.63, 3.8) is 0 Å². The molecule has 1 amide bonds. The highest BCUT2D eigenvalue weighted by molar-refractivity contribution is 5.72. The minimum absolute atomic E-state index is 0.0624. The molecule has 0 spiro atoms. The van der Waals surface area contributed by atoms with E-state index in [0.717, 1.165) is 32.0 Å². The second kappa shape index (κ2) is 7.46. The van der Waals surface area contributed by atoms with Gasteiger partial charge in [0.1, 0.15) is 0 Å². The molecule has 1 rings (SSSR count). The fraction of sp³-hybridized carbons (Fsp3) is 0.750. The van der Waals surface area contributed by atoms with Gasteiger partial charge >= 0.3 is 0 Å². The lowest BCUT2D eigenvalue weighted by Crippen LogP contribution is -2.28. The average molecular weight is 210 g/mol. The van der Waals surface area contributed by atoms with E-state index in [0.29, 0.717) is 0 Å². The quantitative estimate of drug-likeness (QED) is 0.515. The van der Waals surface area contributed by atoms with E-state index in [1.165, 1.54) is 19.3 Å². The Hall–Kier alpha value is -0.830. The van der Waals surface area contributed by atoms with Gasteiger partial charge < -0.3 is 10.6 Å². The van der Waals surface area contributed by atoms with Crippen LogP contribution in [0, 0.1) is 5.92 Å². The van der Waals surface area contributed by atoms with Crippen LogP contribution in [0.15, 0.2) is 12.2 Å². The van der Waals surface area contributed by atoms with Gasteiger partial charge in [0.2, 0.25) is 5.91 Å². The summed E-state index contributed by atoms with van der Waals surface area (Å²) < 4.78 is 0. The number of nitrogens with one attached hydrogen (secondary N) is 2. The average Bonchev–Trinajstić information content (AvgIpc) is 2.24. The first kappa shape index (κ1) is 12.2. The van der Waals surface area contributed by atoms with Gasteiger partial charge in [0, 0.05) is 13.5 Å². The van der Waals surface area contributed by atoms with Gasteiger partial charge in [0.05, 0.1) is 0 Å². The molecule has 1 aliphatic rings. The minimum atomic E-state index is 0.0624. The van der Waals surface area contributed by atoms with Crippen molar-refractivity contribution in [2.45, 2.75) is 32.6 Å². The monoisotopic (exact) mass is 210 g/mol. The standard InChI is InChI=1S/C12H22N2O/c1-11(15)14-9-5-8-13-10-12-6-3-2-4-7-12/h2-3,12-13H,4-10H2,1H3,(H,14,15). The molecule has 15 heavy (non-hydrogen) atoms. The van der Waals surface area contributed by atoms with Gasteiger partial charge in [-0.2, -0.15) is 0 Å². The smallest absolute Gasteiger partial charge is 0.216 e. The summed E-state index contributed by atoms with van der Waals surface area (Å²) >= 11 is 0. The van der Waals surface area contributed by atoms with Crippen molar-refractivity contribution in [1.29, 1.82) is 0 Å². The van der Waals surface area contributed by atoms with E-state index in [2.05, 4.69) is 22.8 Å². The SMILES string of the molecule is CC(=O)NCCCNCC1CC=CCC1. The Kier molecular flexibility index (Phi) is 6.09. The van der Waals surface area contributed by atoms with Crippen LogP contribution in [0.4, 0.5) is 0 Å². The van der Waals surface area contributed by atoms with Crippen molar-refractivity contribution in [3.05, 3.63) is 12.2 Å². The zero-order valence-corrected chi connectivity index (χ0v) is 9.59. The van der Waals surface area contributed by atoms with E-state index in [4.69, 9.17) is 0 Å². The second-order valence-corrected chi connectivity index (χ2v) is 4.19. The third kappa shape index (κ3) is 6.28. The molecule has 2 N–H and O–H groups in total. The van der Waals surface area contributed by atoms with Crippen LogP contribution in [0.5, 0.6) is 0 Å². The number of carbonyl (C=O) groups excluding carboxylic acids is 1. The fourth-order valence-corrected chi connectivity index (χ4v) is 1.83. The molecule has 0 heterocycles. The summed E-state index contributed by atoms with van der Waals surface area (Å²) in [7, 11) is 0. The maximum absolute atomic E-state index is 10.6. The number of allylic oxidation sites excluding steroid dienone is 2. The topological polar surface area (TPSA) is 41.1 Å². The van der Waals surface area contributed by atoms with E-state index in [9.17, 15) is 4.79 Å².